The molecule has 0 aliphatic carbocycles. The number of ether oxygens (including phenoxy) is 2. The Morgan fingerprint density at radius 1 is 0.929 bits per heavy atom. The van der Waals surface area contributed by atoms with Gasteiger partial charge in [0, 0.05) is 25.6 Å². The maximum Gasteiger partial charge on any atom is 0.244 e. The number of anilines is 1. The van der Waals surface area contributed by atoms with E-state index in [9.17, 15) is 22.4 Å². The van der Waals surface area contributed by atoms with Gasteiger partial charge in [0.05, 0.1) is 11.4 Å². The molecule has 1 atom stereocenters. The zero-order valence-electron chi connectivity index (χ0n) is 23.8. The first-order valence-electron chi connectivity index (χ1n) is 14.0. The van der Waals surface area contributed by atoms with Gasteiger partial charge in [0.2, 0.25) is 21.8 Å². The van der Waals surface area contributed by atoms with Crippen molar-refractivity contribution < 1.29 is 31.9 Å². The summed E-state index contributed by atoms with van der Waals surface area (Å²) in [6, 6.07) is 18.7. The van der Waals surface area contributed by atoms with Crippen molar-refractivity contribution in [2.75, 3.05) is 36.4 Å². The summed E-state index contributed by atoms with van der Waals surface area (Å²) >= 11 is 0. The van der Waals surface area contributed by atoms with E-state index in [1.807, 2.05) is 37.3 Å². The summed E-state index contributed by atoms with van der Waals surface area (Å²) in [6.07, 6.45) is 0.899. The van der Waals surface area contributed by atoms with Crippen LogP contribution in [0.15, 0.2) is 72.8 Å². The van der Waals surface area contributed by atoms with Gasteiger partial charge in [-0.15, -0.1) is 0 Å². The molecule has 3 aromatic rings. The smallest absolute Gasteiger partial charge is 0.244 e. The van der Waals surface area contributed by atoms with E-state index in [-0.39, 0.29) is 30.3 Å². The molecule has 0 saturated carbocycles. The molecular formula is C31H36FN3O6S. The molecule has 0 bridgehead atoms. The SMILES string of the molecule is CCCNC(=O)C(Cc1ccccc1)N(Cc1ccc(F)cc1)C(=O)CN(c1ccc2c(c1)OCCO2)S(=O)(=O)CC. The van der Waals surface area contributed by atoms with Crippen molar-refractivity contribution in [2.24, 2.45) is 0 Å². The van der Waals surface area contributed by atoms with Crippen LogP contribution >= 0.6 is 0 Å². The second kappa shape index (κ2) is 14.2. The molecular weight excluding hydrogens is 561 g/mol. The zero-order chi connectivity index (χ0) is 30.1. The maximum atomic E-state index is 14.2. The molecule has 2 amide bonds. The Hall–Kier alpha value is -4.12. The minimum atomic E-state index is -3.93. The van der Waals surface area contributed by atoms with Crippen molar-refractivity contribution in [3.8, 4) is 11.5 Å². The molecule has 0 saturated heterocycles. The molecule has 1 aliphatic rings. The summed E-state index contributed by atoms with van der Waals surface area (Å²) in [4.78, 5) is 29.1. The first-order valence-corrected chi connectivity index (χ1v) is 15.6. The number of carbonyl (C=O) groups excluding carboxylic acids is 2. The van der Waals surface area contributed by atoms with Crippen molar-refractivity contribution in [1.29, 1.82) is 0 Å². The molecule has 1 heterocycles. The van der Waals surface area contributed by atoms with Crippen LogP contribution in [0.25, 0.3) is 0 Å². The van der Waals surface area contributed by atoms with Crippen LogP contribution in [0.1, 0.15) is 31.4 Å². The lowest BCUT2D eigenvalue weighted by molar-refractivity contribution is -0.140. The van der Waals surface area contributed by atoms with Gasteiger partial charge < -0.3 is 19.7 Å². The molecule has 0 radical (unpaired) electrons. The van der Waals surface area contributed by atoms with E-state index in [1.165, 1.54) is 30.0 Å². The lowest BCUT2D eigenvalue weighted by atomic mass is 10.0. The van der Waals surface area contributed by atoms with E-state index in [4.69, 9.17) is 9.47 Å². The van der Waals surface area contributed by atoms with Crippen LogP contribution in [0.4, 0.5) is 10.1 Å². The fourth-order valence-electron chi connectivity index (χ4n) is 4.61. The molecule has 1 N–H and O–H groups in total. The number of rotatable bonds is 13. The Balaban J connectivity index is 1.73. The number of hydrogen-bond donors (Lipinski definition) is 1. The highest BCUT2D eigenvalue weighted by molar-refractivity contribution is 7.92. The Morgan fingerprint density at radius 3 is 2.29 bits per heavy atom. The van der Waals surface area contributed by atoms with E-state index in [2.05, 4.69) is 5.32 Å². The molecule has 224 valence electrons. The Morgan fingerprint density at radius 2 is 1.62 bits per heavy atom. The number of fused-ring (bicyclic) bond motifs is 1. The largest absolute Gasteiger partial charge is 0.486 e. The maximum absolute atomic E-state index is 14.2. The van der Waals surface area contributed by atoms with Crippen LogP contribution in [0.2, 0.25) is 0 Å². The Kier molecular flexibility index (Phi) is 10.4. The quantitative estimate of drug-likeness (QED) is 0.320. The first-order chi connectivity index (χ1) is 20.2. The topological polar surface area (TPSA) is 105 Å². The minimum absolute atomic E-state index is 0.0304. The molecule has 1 unspecified atom stereocenters. The number of benzene rings is 3. The molecule has 0 aromatic heterocycles. The third-order valence-corrected chi connectivity index (χ3v) is 8.62. The number of sulfonamides is 1. The fraction of sp³-hybridized carbons (Fsp3) is 0.355. The lowest BCUT2D eigenvalue weighted by Crippen LogP contribution is -2.53. The number of carbonyl (C=O) groups is 2. The summed E-state index contributed by atoms with van der Waals surface area (Å²) in [6.45, 7) is 3.95. The average molecular weight is 598 g/mol. The van der Waals surface area contributed by atoms with Crippen LogP contribution < -0.4 is 19.1 Å². The standard InChI is InChI=1S/C31H36FN3O6S/c1-3-16-33-31(37)27(19-23-8-6-5-7-9-23)34(21-24-10-12-25(32)13-11-24)30(36)22-35(42(38,39)4-2)26-14-15-28-29(20-26)41-18-17-40-28/h5-15,20,27H,3-4,16-19,21-22H2,1-2H3,(H,33,37). The molecule has 3 aromatic carbocycles. The van der Waals surface area contributed by atoms with Gasteiger partial charge in [-0.05, 0) is 48.7 Å². The monoisotopic (exact) mass is 597 g/mol. The number of amides is 2. The highest BCUT2D eigenvalue weighted by atomic mass is 32.2. The van der Waals surface area contributed by atoms with Crippen molar-refractivity contribution in [3.05, 3.63) is 89.7 Å². The third kappa shape index (κ3) is 7.79. The van der Waals surface area contributed by atoms with Crippen LogP contribution in [-0.2, 0) is 32.6 Å². The average Bonchev–Trinajstić information content (AvgIpc) is 3.01. The van der Waals surface area contributed by atoms with Gasteiger partial charge in [0.25, 0.3) is 0 Å². The third-order valence-electron chi connectivity index (χ3n) is 6.88. The van der Waals surface area contributed by atoms with E-state index >= 15 is 0 Å². The van der Waals surface area contributed by atoms with Gasteiger partial charge in [-0.25, -0.2) is 12.8 Å². The summed E-state index contributed by atoms with van der Waals surface area (Å²) in [7, 11) is -3.93. The summed E-state index contributed by atoms with van der Waals surface area (Å²) in [5.74, 6) is -0.765. The van der Waals surface area contributed by atoms with Crippen LogP contribution in [0.5, 0.6) is 11.5 Å². The van der Waals surface area contributed by atoms with Crippen LogP contribution in [0.3, 0.4) is 0 Å². The van der Waals surface area contributed by atoms with Crippen LogP contribution in [0, 0.1) is 5.82 Å². The van der Waals surface area contributed by atoms with Crippen molar-refractivity contribution >= 4 is 27.5 Å². The summed E-state index contributed by atoms with van der Waals surface area (Å²) in [5, 5.41) is 2.89. The van der Waals surface area contributed by atoms with E-state index in [1.54, 1.807) is 24.3 Å². The highest BCUT2D eigenvalue weighted by Crippen LogP contribution is 2.35. The van der Waals surface area contributed by atoms with Crippen molar-refractivity contribution in [1.82, 2.24) is 10.2 Å². The van der Waals surface area contributed by atoms with Gasteiger partial charge in [0.15, 0.2) is 11.5 Å². The first kappa shape index (κ1) is 30.8. The zero-order valence-corrected chi connectivity index (χ0v) is 24.6. The summed E-state index contributed by atoms with van der Waals surface area (Å²) < 4.78 is 52.6. The number of hydrogen-bond acceptors (Lipinski definition) is 6. The van der Waals surface area contributed by atoms with Gasteiger partial charge in [-0.3, -0.25) is 13.9 Å². The molecule has 0 spiro atoms. The lowest BCUT2D eigenvalue weighted by Gasteiger charge is -2.34. The number of nitrogens with one attached hydrogen (secondary N) is 1. The molecule has 1 aliphatic heterocycles. The molecule has 0 fully saturated rings. The van der Waals surface area contributed by atoms with Gasteiger partial charge >= 0.3 is 0 Å². The minimum Gasteiger partial charge on any atom is -0.486 e. The Labute approximate surface area is 246 Å². The van der Waals surface area contributed by atoms with Crippen LogP contribution in [-0.4, -0.2) is 63.2 Å². The van der Waals surface area contributed by atoms with Crippen molar-refractivity contribution in [3.63, 3.8) is 0 Å². The molecule has 9 nitrogen and oxygen atoms in total. The van der Waals surface area contributed by atoms with Gasteiger partial charge in [-0.1, -0.05) is 49.4 Å². The van der Waals surface area contributed by atoms with E-state index < -0.39 is 34.3 Å². The number of nitrogens with zero attached hydrogens (tertiary/aromatic N) is 2. The molecule has 4 rings (SSSR count). The second-order valence-electron chi connectivity index (χ2n) is 9.88. The molecule has 42 heavy (non-hydrogen) atoms. The van der Waals surface area contributed by atoms with E-state index in [0.717, 1.165) is 9.87 Å². The molecule has 11 heteroatoms. The highest BCUT2D eigenvalue weighted by Gasteiger charge is 2.34. The fourth-order valence-corrected chi connectivity index (χ4v) is 5.67. The number of halogens is 1. The van der Waals surface area contributed by atoms with Gasteiger partial charge in [0.1, 0.15) is 31.6 Å². The van der Waals surface area contributed by atoms with E-state index in [0.29, 0.717) is 43.2 Å². The Bertz CT molecular complexity index is 1470. The predicted molar refractivity (Wildman–Crippen MR) is 158 cm³/mol. The summed E-state index contributed by atoms with van der Waals surface area (Å²) in [5.41, 5.74) is 1.66. The second-order valence-corrected chi connectivity index (χ2v) is 12.1. The van der Waals surface area contributed by atoms with Gasteiger partial charge in [-0.2, -0.15) is 0 Å². The predicted octanol–water partition coefficient (Wildman–Crippen LogP) is 3.92. The normalized spacial score (nSPS) is 13.2. The van der Waals surface area contributed by atoms with Crippen molar-refractivity contribution in [2.45, 2.75) is 39.3 Å².